The molecule has 0 unspecified atom stereocenters. The fraction of sp³-hybridized carbons (Fsp3) is 0.400. The number of hydrogen-bond acceptors (Lipinski definition) is 7. The van der Waals surface area contributed by atoms with E-state index in [9.17, 15) is 9.59 Å². The molecule has 35 heavy (non-hydrogen) atoms. The highest BCUT2D eigenvalue weighted by molar-refractivity contribution is 5.70. The third-order valence-corrected chi connectivity index (χ3v) is 5.55. The maximum atomic E-state index is 12.8. The van der Waals surface area contributed by atoms with Crippen LogP contribution in [0.5, 0.6) is 0 Å². The number of piperidine rings is 1. The second-order valence-electron chi connectivity index (χ2n) is 9.42. The Morgan fingerprint density at radius 2 is 1.94 bits per heavy atom. The Kier molecular flexibility index (Phi) is 7.28. The molecule has 3 heterocycles. The molecule has 0 radical (unpaired) electrons. The van der Waals surface area contributed by atoms with Crippen molar-refractivity contribution in [3.05, 3.63) is 66.6 Å². The van der Waals surface area contributed by atoms with Crippen LogP contribution in [-0.4, -0.2) is 61.8 Å². The van der Waals surface area contributed by atoms with Crippen LogP contribution in [0.3, 0.4) is 0 Å². The van der Waals surface area contributed by atoms with Crippen molar-refractivity contribution in [2.45, 2.75) is 51.5 Å². The summed E-state index contributed by atoms with van der Waals surface area (Å²) in [6, 6.07) is 12.6. The lowest BCUT2D eigenvalue weighted by molar-refractivity contribution is 0.0393. The molecule has 0 saturated carbocycles. The monoisotopic (exact) mass is 478 g/mol. The lowest BCUT2D eigenvalue weighted by Crippen LogP contribution is -2.55. The molecular formula is C25H30N6O4. The van der Waals surface area contributed by atoms with Gasteiger partial charge in [0.1, 0.15) is 17.9 Å². The molecule has 1 aromatic carbocycles. The molecule has 1 fully saturated rings. The van der Waals surface area contributed by atoms with Crippen molar-refractivity contribution in [2.75, 3.05) is 13.1 Å². The standard InChI is InChI=1S/C25H30N6O4/c1-25(2,3)35-23(32)27-21-15-30(24(33)34-17-18-8-5-4-6-9-18)13-11-22(21)31-16-20(28-29-31)19-10-7-12-26-14-19/h4-10,12,14,16,21-22H,11,13,15,17H2,1-3H3,(H,27,32)/t21-,22-/m0/s1. The summed E-state index contributed by atoms with van der Waals surface area (Å²) in [6.45, 7) is 6.29. The second-order valence-corrected chi connectivity index (χ2v) is 9.42. The molecule has 2 aromatic heterocycles. The van der Waals surface area contributed by atoms with E-state index < -0.39 is 23.8 Å². The maximum Gasteiger partial charge on any atom is 0.410 e. The van der Waals surface area contributed by atoms with Crippen molar-refractivity contribution in [1.29, 1.82) is 0 Å². The zero-order valence-corrected chi connectivity index (χ0v) is 20.1. The summed E-state index contributed by atoms with van der Waals surface area (Å²) in [4.78, 5) is 31.1. The first kappa shape index (κ1) is 24.2. The van der Waals surface area contributed by atoms with Crippen LogP contribution in [0, 0.1) is 0 Å². The molecule has 1 aliphatic rings. The number of alkyl carbamates (subject to hydrolysis) is 1. The Bertz CT molecular complexity index is 1130. The molecule has 3 aromatic rings. The topological polar surface area (TPSA) is 111 Å². The predicted molar refractivity (Wildman–Crippen MR) is 128 cm³/mol. The van der Waals surface area contributed by atoms with Gasteiger partial charge in [0.2, 0.25) is 0 Å². The van der Waals surface area contributed by atoms with E-state index in [-0.39, 0.29) is 19.2 Å². The minimum Gasteiger partial charge on any atom is -0.445 e. The summed E-state index contributed by atoms with van der Waals surface area (Å²) in [7, 11) is 0. The molecule has 2 amide bonds. The van der Waals surface area contributed by atoms with E-state index in [1.54, 1.807) is 42.7 Å². The first-order valence-electron chi connectivity index (χ1n) is 11.6. The maximum absolute atomic E-state index is 12.8. The van der Waals surface area contributed by atoms with Gasteiger partial charge in [0.05, 0.1) is 18.3 Å². The smallest absolute Gasteiger partial charge is 0.410 e. The van der Waals surface area contributed by atoms with Crippen LogP contribution >= 0.6 is 0 Å². The van der Waals surface area contributed by atoms with Crippen molar-refractivity contribution in [3.8, 4) is 11.3 Å². The summed E-state index contributed by atoms with van der Waals surface area (Å²) in [5, 5.41) is 11.5. The number of ether oxygens (including phenoxy) is 2. The van der Waals surface area contributed by atoms with Gasteiger partial charge < -0.3 is 19.7 Å². The first-order chi connectivity index (χ1) is 16.8. The fourth-order valence-corrected chi connectivity index (χ4v) is 3.92. The largest absolute Gasteiger partial charge is 0.445 e. The quantitative estimate of drug-likeness (QED) is 0.593. The lowest BCUT2D eigenvalue weighted by Gasteiger charge is -2.38. The van der Waals surface area contributed by atoms with Gasteiger partial charge in [0.25, 0.3) is 0 Å². The molecule has 2 atom stereocenters. The third-order valence-electron chi connectivity index (χ3n) is 5.55. The highest BCUT2D eigenvalue weighted by Crippen LogP contribution is 2.25. The number of nitrogens with zero attached hydrogens (tertiary/aromatic N) is 5. The van der Waals surface area contributed by atoms with E-state index in [2.05, 4.69) is 20.6 Å². The molecule has 184 valence electrons. The van der Waals surface area contributed by atoms with Crippen LogP contribution in [0.25, 0.3) is 11.3 Å². The summed E-state index contributed by atoms with van der Waals surface area (Å²) >= 11 is 0. The van der Waals surface area contributed by atoms with Gasteiger partial charge in [-0.3, -0.25) is 4.98 Å². The van der Waals surface area contributed by atoms with Gasteiger partial charge in [-0.05, 0) is 44.9 Å². The van der Waals surface area contributed by atoms with Crippen LogP contribution in [0.15, 0.2) is 61.1 Å². The third kappa shape index (κ3) is 6.56. The van der Waals surface area contributed by atoms with Crippen molar-refractivity contribution < 1.29 is 19.1 Å². The molecule has 1 saturated heterocycles. The fourth-order valence-electron chi connectivity index (χ4n) is 3.92. The van der Waals surface area contributed by atoms with E-state index in [1.165, 1.54) is 0 Å². The molecule has 4 rings (SSSR count). The van der Waals surface area contributed by atoms with Crippen molar-refractivity contribution in [3.63, 3.8) is 0 Å². The van der Waals surface area contributed by atoms with Crippen LogP contribution in [0.1, 0.15) is 38.8 Å². The number of likely N-dealkylation sites (tertiary alicyclic amines) is 1. The highest BCUT2D eigenvalue weighted by atomic mass is 16.6. The summed E-state index contributed by atoms with van der Waals surface area (Å²) in [5.41, 5.74) is 1.78. The van der Waals surface area contributed by atoms with E-state index in [4.69, 9.17) is 9.47 Å². The number of rotatable bonds is 5. The van der Waals surface area contributed by atoms with Crippen molar-refractivity contribution >= 4 is 12.2 Å². The lowest BCUT2D eigenvalue weighted by atomic mass is 9.99. The van der Waals surface area contributed by atoms with Gasteiger partial charge in [-0.15, -0.1) is 5.10 Å². The number of aromatic nitrogens is 4. The minimum absolute atomic E-state index is 0.182. The Labute approximate surface area is 204 Å². The number of pyridine rings is 1. The Morgan fingerprint density at radius 3 is 2.66 bits per heavy atom. The van der Waals surface area contributed by atoms with Gasteiger partial charge in [0, 0.05) is 31.0 Å². The average molecular weight is 479 g/mol. The molecule has 10 nitrogen and oxygen atoms in total. The number of carbonyl (C=O) groups excluding carboxylic acids is 2. The van der Waals surface area contributed by atoms with Gasteiger partial charge in [0.15, 0.2) is 0 Å². The zero-order chi connectivity index (χ0) is 24.8. The number of benzene rings is 1. The van der Waals surface area contributed by atoms with Crippen molar-refractivity contribution in [1.82, 2.24) is 30.2 Å². The van der Waals surface area contributed by atoms with Crippen LogP contribution in [0.2, 0.25) is 0 Å². The highest BCUT2D eigenvalue weighted by Gasteiger charge is 2.36. The average Bonchev–Trinajstić information content (AvgIpc) is 3.32. The van der Waals surface area contributed by atoms with Gasteiger partial charge in [-0.2, -0.15) is 0 Å². The molecule has 0 spiro atoms. The molecule has 0 aliphatic carbocycles. The Balaban J connectivity index is 1.48. The number of hydrogen-bond donors (Lipinski definition) is 1. The number of carbonyl (C=O) groups is 2. The second kappa shape index (κ2) is 10.5. The van der Waals surface area contributed by atoms with Crippen LogP contribution < -0.4 is 5.32 Å². The first-order valence-corrected chi connectivity index (χ1v) is 11.6. The minimum atomic E-state index is -0.650. The van der Waals surface area contributed by atoms with Crippen LogP contribution in [-0.2, 0) is 16.1 Å². The predicted octanol–water partition coefficient (Wildman–Crippen LogP) is 3.82. The van der Waals surface area contributed by atoms with Crippen molar-refractivity contribution in [2.24, 2.45) is 0 Å². The Hall–Kier alpha value is -3.95. The van der Waals surface area contributed by atoms with E-state index in [0.717, 1.165) is 11.1 Å². The van der Waals surface area contributed by atoms with Crippen LogP contribution in [0.4, 0.5) is 9.59 Å². The van der Waals surface area contributed by atoms with E-state index in [0.29, 0.717) is 18.7 Å². The molecule has 1 N–H and O–H groups in total. The SMILES string of the molecule is CC(C)(C)OC(=O)N[C@H]1CN(C(=O)OCc2ccccc2)CC[C@@H]1n1cc(-c2cccnc2)nn1. The molecular weight excluding hydrogens is 448 g/mol. The summed E-state index contributed by atoms with van der Waals surface area (Å²) < 4.78 is 12.7. The van der Waals surface area contributed by atoms with Gasteiger partial charge >= 0.3 is 12.2 Å². The molecule has 10 heteroatoms. The molecule has 0 bridgehead atoms. The van der Waals surface area contributed by atoms with Gasteiger partial charge in [-0.1, -0.05) is 35.5 Å². The Morgan fingerprint density at radius 1 is 1.14 bits per heavy atom. The zero-order valence-electron chi connectivity index (χ0n) is 20.1. The summed E-state index contributed by atoms with van der Waals surface area (Å²) in [6.07, 6.45) is 4.81. The normalized spacial score (nSPS) is 18.1. The summed E-state index contributed by atoms with van der Waals surface area (Å²) in [5.74, 6) is 0. The van der Waals surface area contributed by atoms with E-state index >= 15 is 0 Å². The number of nitrogens with one attached hydrogen (secondary N) is 1. The van der Waals surface area contributed by atoms with E-state index in [1.807, 2.05) is 48.7 Å². The number of amides is 2. The van der Waals surface area contributed by atoms with Gasteiger partial charge in [-0.25, -0.2) is 14.3 Å². The molecule has 1 aliphatic heterocycles.